The highest BCUT2D eigenvalue weighted by Gasteiger charge is 2.12. The molecular weight excluding hydrogens is 210 g/mol. The van der Waals surface area contributed by atoms with Gasteiger partial charge in [0.2, 0.25) is 0 Å². The van der Waals surface area contributed by atoms with Crippen molar-refractivity contribution in [3.05, 3.63) is 34.9 Å². The maximum absolute atomic E-state index is 9.97. The van der Waals surface area contributed by atoms with Crippen LogP contribution in [0.5, 0.6) is 0 Å². The average molecular weight is 228 g/mol. The van der Waals surface area contributed by atoms with Crippen LogP contribution in [0, 0.1) is 0 Å². The fraction of sp³-hybridized carbons (Fsp3) is 0.500. The molecule has 0 radical (unpaired) electrons. The van der Waals surface area contributed by atoms with Crippen LogP contribution in [0.1, 0.15) is 25.0 Å². The zero-order chi connectivity index (χ0) is 11.3. The summed E-state index contributed by atoms with van der Waals surface area (Å²) in [6, 6.07) is 7.44. The molecule has 0 aliphatic heterocycles. The van der Waals surface area contributed by atoms with Crippen molar-refractivity contribution in [2.24, 2.45) is 0 Å². The summed E-state index contributed by atoms with van der Waals surface area (Å²) >= 11 is 6.00. The molecule has 1 N–H and O–H groups in total. The highest BCUT2D eigenvalue weighted by Crippen LogP contribution is 2.22. The van der Waals surface area contributed by atoms with Crippen LogP contribution in [0.4, 0.5) is 0 Å². The van der Waals surface area contributed by atoms with E-state index in [-0.39, 0.29) is 0 Å². The molecule has 0 heterocycles. The predicted molar refractivity (Wildman–Crippen MR) is 64.2 cm³/mol. The summed E-state index contributed by atoms with van der Waals surface area (Å²) in [4.78, 5) is 2.11. The first-order valence-corrected chi connectivity index (χ1v) is 5.64. The molecule has 0 bridgehead atoms. The van der Waals surface area contributed by atoms with E-state index in [0.717, 1.165) is 18.5 Å². The standard InChI is InChI=1S/C12H18ClNO/c1-3-8-14(2)9-12(15)10-6-4-5-7-11(10)13/h4-7,12,15H,3,8-9H2,1-2H3. The first kappa shape index (κ1) is 12.5. The lowest BCUT2D eigenvalue weighted by atomic mass is 10.1. The molecule has 0 aliphatic carbocycles. The first-order chi connectivity index (χ1) is 7.15. The summed E-state index contributed by atoms with van der Waals surface area (Å²) in [5.74, 6) is 0. The number of aliphatic hydroxyl groups is 1. The molecule has 0 aromatic heterocycles. The smallest absolute Gasteiger partial charge is 0.0931 e. The van der Waals surface area contributed by atoms with Crippen LogP contribution >= 0.6 is 11.6 Å². The highest BCUT2D eigenvalue weighted by atomic mass is 35.5. The molecule has 0 aliphatic rings. The molecule has 0 saturated carbocycles. The number of halogens is 1. The number of aliphatic hydroxyl groups excluding tert-OH is 1. The van der Waals surface area contributed by atoms with E-state index in [1.807, 2.05) is 25.2 Å². The first-order valence-electron chi connectivity index (χ1n) is 5.26. The van der Waals surface area contributed by atoms with Crippen LogP contribution in [-0.4, -0.2) is 30.1 Å². The molecule has 1 atom stereocenters. The van der Waals surface area contributed by atoms with Crippen molar-refractivity contribution < 1.29 is 5.11 Å². The summed E-state index contributed by atoms with van der Waals surface area (Å²) in [6.07, 6.45) is 0.585. The van der Waals surface area contributed by atoms with Gasteiger partial charge in [-0.05, 0) is 26.1 Å². The van der Waals surface area contributed by atoms with Gasteiger partial charge in [0.05, 0.1) is 6.10 Å². The third kappa shape index (κ3) is 3.82. The second-order valence-electron chi connectivity index (χ2n) is 3.80. The van der Waals surface area contributed by atoms with E-state index in [4.69, 9.17) is 11.6 Å². The molecule has 0 amide bonds. The zero-order valence-electron chi connectivity index (χ0n) is 9.28. The maximum atomic E-state index is 9.97. The number of nitrogens with zero attached hydrogens (tertiary/aromatic N) is 1. The molecule has 1 rings (SSSR count). The molecule has 0 fully saturated rings. The Morgan fingerprint density at radius 1 is 1.40 bits per heavy atom. The summed E-state index contributed by atoms with van der Waals surface area (Å²) in [7, 11) is 2.00. The van der Waals surface area contributed by atoms with Gasteiger partial charge in [-0.1, -0.05) is 36.7 Å². The van der Waals surface area contributed by atoms with Crippen molar-refractivity contribution in [2.45, 2.75) is 19.4 Å². The van der Waals surface area contributed by atoms with E-state index < -0.39 is 6.10 Å². The van der Waals surface area contributed by atoms with E-state index in [2.05, 4.69) is 11.8 Å². The fourth-order valence-electron chi connectivity index (χ4n) is 1.61. The fourth-order valence-corrected chi connectivity index (χ4v) is 1.87. The van der Waals surface area contributed by atoms with Crippen molar-refractivity contribution >= 4 is 11.6 Å². The molecule has 15 heavy (non-hydrogen) atoms. The minimum atomic E-state index is -0.504. The molecule has 0 saturated heterocycles. The second kappa shape index (κ2) is 6.11. The average Bonchev–Trinajstić information content (AvgIpc) is 2.18. The van der Waals surface area contributed by atoms with Crippen LogP contribution in [0.15, 0.2) is 24.3 Å². The second-order valence-corrected chi connectivity index (χ2v) is 4.21. The topological polar surface area (TPSA) is 23.5 Å². The van der Waals surface area contributed by atoms with Gasteiger partial charge in [0.15, 0.2) is 0 Å². The summed E-state index contributed by atoms with van der Waals surface area (Å²) in [6.45, 7) is 3.73. The Labute approximate surface area is 96.5 Å². The minimum Gasteiger partial charge on any atom is -0.387 e. The molecular formula is C12H18ClNO. The lowest BCUT2D eigenvalue weighted by molar-refractivity contribution is 0.127. The Kier molecular flexibility index (Phi) is 5.09. The number of hydrogen-bond acceptors (Lipinski definition) is 2. The van der Waals surface area contributed by atoms with E-state index >= 15 is 0 Å². The quantitative estimate of drug-likeness (QED) is 0.836. The predicted octanol–water partition coefficient (Wildman–Crippen LogP) is 2.72. The molecule has 0 spiro atoms. The monoisotopic (exact) mass is 227 g/mol. The van der Waals surface area contributed by atoms with Gasteiger partial charge in [-0.15, -0.1) is 0 Å². The van der Waals surface area contributed by atoms with E-state index in [9.17, 15) is 5.11 Å². The van der Waals surface area contributed by atoms with Crippen molar-refractivity contribution in [3.63, 3.8) is 0 Å². The zero-order valence-corrected chi connectivity index (χ0v) is 10.0. The third-order valence-electron chi connectivity index (χ3n) is 2.35. The van der Waals surface area contributed by atoms with E-state index in [1.165, 1.54) is 0 Å². The Balaban J connectivity index is 2.61. The highest BCUT2D eigenvalue weighted by molar-refractivity contribution is 6.31. The van der Waals surface area contributed by atoms with Crippen molar-refractivity contribution in [2.75, 3.05) is 20.1 Å². The van der Waals surface area contributed by atoms with Gasteiger partial charge in [0, 0.05) is 17.1 Å². The van der Waals surface area contributed by atoms with Gasteiger partial charge >= 0.3 is 0 Å². The largest absolute Gasteiger partial charge is 0.387 e. The Morgan fingerprint density at radius 3 is 2.67 bits per heavy atom. The van der Waals surface area contributed by atoms with Gasteiger partial charge in [-0.2, -0.15) is 0 Å². The molecule has 1 aromatic rings. The number of benzene rings is 1. The van der Waals surface area contributed by atoms with Gasteiger partial charge in [-0.25, -0.2) is 0 Å². The van der Waals surface area contributed by atoms with E-state index in [1.54, 1.807) is 6.07 Å². The van der Waals surface area contributed by atoms with Crippen molar-refractivity contribution in [1.82, 2.24) is 4.90 Å². The normalized spacial score (nSPS) is 13.1. The van der Waals surface area contributed by atoms with Crippen LogP contribution in [-0.2, 0) is 0 Å². The van der Waals surface area contributed by atoms with Gasteiger partial charge in [0.1, 0.15) is 0 Å². The SMILES string of the molecule is CCCN(C)CC(O)c1ccccc1Cl. The van der Waals surface area contributed by atoms with E-state index in [0.29, 0.717) is 11.6 Å². The Bertz CT molecular complexity index is 303. The third-order valence-corrected chi connectivity index (χ3v) is 2.70. The minimum absolute atomic E-state index is 0.504. The van der Waals surface area contributed by atoms with Crippen LogP contribution in [0.2, 0.25) is 5.02 Å². The summed E-state index contributed by atoms with van der Waals surface area (Å²) in [5, 5.41) is 10.6. The Hall–Kier alpha value is -0.570. The van der Waals surface area contributed by atoms with Crippen molar-refractivity contribution in [1.29, 1.82) is 0 Å². The van der Waals surface area contributed by atoms with Gasteiger partial charge in [0.25, 0.3) is 0 Å². The van der Waals surface area contributed by atoms with Crippen LogP contribution in [0.25, 0.3) is 0 Å². The lowest BCUT2D eigenvalue weighted by Gasteiger charge is -2.20. The number of rotatable bonds is 5. The summed E-state index contributed by atoms with van der Waals surface area (Å²) < 4.78 is 0. The Morgan fingerprint density at radius 2 is 2.07 bits per heavy atom. The van der Waals surface area contributed by atoms with Crippen molar-refractivity contribution in [3.8, 4) is 0 Å². The molecule has 1 aromatic carbocycles. The molecule has 1 unspecified atom stereocenters. The summed E-state index contributed by atoms with van der Waals surface area (Å²) in [5.41, 5.74) is 0.808. The van der Waals surface area contributed by atoms with Crippen LogP contribution in [0.3, 0.4) is 0 Å². The molecule has 84 valence electrons. The molecule has 2 nitrogen and oxygen atoms in total. The maximum Gasteiger partial charge on any atom is 0.0931 e. The number of hydrogen-bond donors (Lipinski definition) is 1. The number of likely N-dealkylation sites (N-methyl/N-ethyl adjacent to an activating group) is 1. The van der Waals surface area contributed by atoms with Crippen LogP contribution < -0.4 is 0 Å². The van der Waals surface area contributed by atoms with Gasteiger partial charge < -0.3 is 10.0 Å². The molecule has 3 heteroatoms. The lowest BCUT2D eigenvalue weighted by Crippen LogP contribution is -2.25. The van der Waals surface area contributed by atoms with Gasteiger partial charge in [-0.3, -0.25) is 0 Å².